The zero-order valence-electron chi connectivity index (χ0n) is 17.0. The number of hydrogen-bond donors (Lipinski definition) is 2. The second kappa shape index (κ2) is 10.5. The molecule has 0 aliphatic rings. The highest BCUT2D eigenvalue weighted by Gasteiger charge is 2.24. The number of carbonyl (C=O) groups excluding carboxylic acids is 2. The number of aromatic amines is 1. The second-order valence-corrected chi connectivity index (χ2v) is 7.35. The number of thioether (sulfide) groups is 1. The number of ether oxygens (including phenoxy) is 2. The SMILES string of the molecule is CCOC(=O)c1ccc(NC(=O)CCSc2c(=O)o[nH][n+]2-c2ccc(OC)cc2)cc1. The number of benzene rings is 2. The van der Waals surface area contributed by atoms with Crippen LogP contribution < -0.4 is 20.4 Å². The van der Waals surface area contributed by atoms with E-state index < -0.39 is 11.6 Å². The van der Waals surface area contributed by atoms with E-state index in [1.165, 1.54) is 16.4 Å². The second-order valence-electron chi connectivity index (χ2n) is 6.26. The van der Waals surface area contributed by atoms with Gasteiger partial charge < -0.3 is 14.8 Å². The number of methoxy groups -OCH3 is 1. The molecule has 10 heteroatoms. The van der Waals surface area contributed by atoms with Crippen molar-refractivity contribution in [1.82, 2.24) is 5.27 Å². The van der Waals surface area contributed by atoms with E-state index in [9.17, 15) is 14.4 Å². The Hall–Kier alpha value is -3.53. The van der Waals surface area contributed by atoms with Crippen molar-refractivity contribution in [2.45, 2.75) is 18.4 Å². The van der Waals surface area contributed by atoms with Gasteiger partial charge in [0.15, 0.2) is 0 Å². The molecule has 162 valence electrons. The summed E-state index contributed by atoms with van der Waals surface area (Å²) in [5.41, 5.74) is 1.16. The maximum Gasteiger partial charge on any atom is 0.442 e. The number of amides is 1. The van der Waals surface area contributed by atoms with Crippen molar-refractivity contribution in [1.29, 1.82) is 0 Å². The molecule has 3 aromatic rings. The molecule has 3 rings (SSSR count). The normalized spacial score (nSPS) is 10.5. The summed E-state index contributed by atoms with van der Waals surface area (Å²) in [6, 6.07) is 13.5. The summed E-state index contributed by atoms with van der Waals surface area (Å²) >= 11 is 1.21. The van der Waals surface area contributed by atoms with E-state index in [2.05, 4.69) is 10.6 Å². The lowest BCUT2D eigenvalue weighted by atomic mass is 10.2. The minimum absolute atomic E-state index is 0.178. The van der Waals surface area contributed by atoms with Crippen LogP contribution >= 0.6 is 11.8 Å². The lowest BCUT2D eigenvalue weighted by molar-refractivity contribution is -0.704. The Kier molecular flexibility index (Phi) is 7.50. The number of nitrogens with one attached hydrogen (secondary N) is 2. The topological polar surface area (TPSA) is 115 Å². The summed E-state index contributed by atoms with van der Waals surface area (Å²) in [5, 5.41) is 5.65. The van der Waals surface area contributed by atoms with Crippen LogP contribution in [0, 0.1) is 0 Å². The molecule has 2 aromatic carbocycles. The van der Waals surface area contributed by atoms with Crippen LogP contribution in [0.25, 0.3) is 5.69 Å². The average Bonchev–Trinajstić information content (AvgIpc) is 3.15. The van der Waals surface area contributed by atoms with Gasteiger partial charge >= 0.3 is 16.6 Å². The number of esters is 1. The largest absolute Gasteiger partial charge is 0.497 e. The Morgan fingerprint density at radius 2 is 1.84 bits per heavy atom. The monoisotopic (exact) mass is 444 g/mol. The van der Waals surface area contributed by atoms with Crippen LogP contribution in [0.5, 0.6) is 5.75 Å². The van der Waals surface area contributed by atoms with Gasteiger partial charge in [0.25, 0.3) is 0 Å². The van der Waals surface area contributed by atoms with Crippen LogP contribution in [0.4, 0.5) is 5.69 Å². The molecule has 1 amide bonds. The molecule has 0 saturated heterocycles. The van der Waals surface area contributed by atoms with E-state index in [1.54, 1.807) is 62.6 Å². The molecule has 2 N–H and O–H groups in total. The van der Waals surface area contributed by atoms with E-state index in [0.717, 1.165) is 0 Å². The number of anilines is 1. The van der Waals surface area contributed by atoms with Gasteiger partial charge in [0.1, 0.15) is 5.75 Å². The summed E-state index contributed by atoms with van der Waals surface area (Å²) in [5.74, 6) is 0.432. The Morgan fingerprint density at radius 3 is 2.48 bits per heavy atom. The predicted molar refractivity (Wildman–Crippen MR) is 114 cm³/mol. The van der Waals surface area contributed by atoms with E-state index >= 15 is 0 Å². The van der Waals surface area contributed by atoms with Crippen molar-refractivity contribution < 1.29 is 28.3 Å². The third-order valence-electron chi connectivity index (χ3n) is 4.19. The number of rotatable bonds is 9. The maximum atomic E-state index is 12.2. The molecule has 1 aromatic heterocycles. The van der Waals surface area contributed by atoms with Crippen LogP contribution in [0.3, 0.4) is 0 Å². The molecule has 1 heterocycles. The van der Waals surface area contributed by atoms with Gasteiger partial charge in [-0.25, -0.2) is 9.59 Å². The highest BCUT2D eigenvalue weighted by molar-refractivity contribution is 7.99. The molecule has 0 atom stereocenters. The fourth-order valence-electron chi connectivity index (χ4n) is 2.66. The smallest absolute Gasteiger partial charge is 0.442 e. The van der Waals surface area contributed by atoms with Gasteiger partial charge in [-0.15, -0.1) is 0 Å². The third-order valence-corrected chi connectivity index (χ3v) is 5.22. The minimum Gasteiger partial charge on any atom is -0.497 e. The first-order valence-electron chi connectivity index (χ1n) is 9.49. The van der Waals surface area contributed by atoms with Gasteiger partial charge in [-0.1, -0.05) is 0 Å². The molecule has 31 heavy (non-hydrogen) atoms. The predicted octanol–water partition coefficient (Wildman–Crippen LogP) is 2.55. The Labute approximate surface area is 182 Å². The summed E-state index contributed by atoms with van der Waals surface area (Å²) < 4.78 is 16.5. The Balaban J connectivity index is 1.55. The lowest BCUT2D eigenvalue weighted by Crippen LogP contribution is -2.36. The molecule has 0 fully saturated rings. The van der Waals surface area contributed by atoms with Gasteiger partial charge in [0.2, 0.25) is 11.6 Å². The molecule has 0 spiro atoms. The van der Waals surface area contributed by atoms with E-state index in [1.807, 2.05) is 0 Å². The first kappa shape index (κ1) is 22.2. The number of hydrogen-bond acceptors (Lipinski definition) is 7. The van der Waals surface area contributed by atoms with Gasteiger partial charge in [-0.05, 0) is 65.0 Å². The number of carbonyl (C=O) groups is 2. The Bertz CT molecular complexity index is 1090. The van der Waals surface area contributed by atoms with Gasteiger partial charge in [0, 0.05) is 30.0 Å². The quantitative estimate of drug-likeness (QED) is 0.296. The third kappa shape index (κ3) is 5.76. The summed E-state index contributed by atoms with van der Waals surface area (Å²) in [7, 11) is 1.57. The van der Waals surface area contributed by atoms with Crippen molar-refractivity contribution in [2.24, 2.45) is 0 Å². The summed E-state index contributed by atoms with van der Waals surface area (Å²) in [4.78, 5) is 35.9. The van der Waals surface area contributed by atoms with Crippen molar-refractivity contribution in [3.8, 4) is 11.4 Å². The number of aromatic nitrogens is 2. The molecule has 0 aliphatic carbocycles. The fourth-order valence-corrected chi connectivity index (χ4v) is 3.57. The molecule has 0 radical (unpaired) electrons. The molecule has 0 unspecified atom stereocenters. The molecular weight excluding hydrogens is 422 g/mol. The highest BCUT2D eigenvalue weighted by atomic mass is 32.2. The van der Waals surface area contributed by atoms with E-state index in [0.29, 0.717) is 40.1 Å². The van der Waals surface area contributed by atoms with Crippen LogP contribution in [-0.4, -0.2) is 36.6 Å². The van der Waals surface area contributed by atoms with Crippen molar-refractivity contribution in [3.05, 3.63) is 64.5 Å². The maximum absolute atomic E-state index is 12.2. The number of H-pyrrole nitrogens is 1. The molecular formula is C21H22N3O6S+. The van der Waals surface area contributed by atoms with Crippen LogP contribution in [0.2, 0.25) is 0 Å². The summed E-state index contributed by atoms with van der Waals surface area (Å²) in [6.07, 6.45) is 0.178. The average molecular weight is 444 g/mol. The van der Waals surface area contributed by atoms with Crippen molar-refractivity contribution in [2.75, 3.05) is 24.8 Å². The standard InChI is InChI=1S/C21H21N3O6S/c1-3-29-20(26)14-4-6-15(7-5-14)22-18(25)12-13-31-19-21(27)30-23-24(19)16-8-10-17(28-2)11-9-16/h4-11H,3,12-13H2,1-2H3,(H-,22,23,25,26,27)/p+1. The van der Waals surface area contributed by atoms with Crippen LogP contribution in [0.1, 0.15) is 23.7 Å². The van der Waals surface area contributed by atoms with Gasteiger partial charge in [-0.3, -0.25) is 9.32 Å². The molecule has 9 nitrogen and oxygen atoms in total. The lowest BCUT2D eigenvalue weighted by Gasteiger charge is -2.06. The zero-order valence-corrected chi connectivity index (χ0v) is 17.9. The van der Waals surface area contributed by atoms with Crippen molar-refractivity contribution >= 4 is 29.3 Å². The number of nitrogens with zero attached hydrogens (tertiary/aromatic N) is 1. The molecule has 0 bridgehead atoms. The summed E-state index contributed by atoms with van der Waals surface area (Å²) in [6.45, 7) is 2.04. The molecule has 0 aliphatic heterocycles. The zero-order chi connectivity index (χ0) is 22.2. The minimum atomic E-state index is -0.518. The van der Waals surface area contributed by atoms with Gasteiger partial charge in [0.05, 0.1) is 19.3 Å². The van der Waals surface area contributed by atoms with E-state index in [-0.39, 0.29) is 12.3 Å². The first-order valence-corrected chi connectivity index (χ1v) is 10.5. The van der Waals surface area contributed by atoms with Crippen molar-refractivity contribution in [3.63, 3.8) is 0 Å². The van der Waals surface area contributed by atoms with Crippen LogP contribution in [0.15, 0.2) is 62.9 Å². The van der Waals surface area contributed by atoms with Crippen LogP contribution in [-0.2, 0) is 9.53 Å². The van der Waals surface area contributed by atoms with E-state index in [4.69, 9.17) is 14.0 Å². The highest BCUT2D eigenvalue weighted by Crippen LogP contribution is 2.16. The fraction of sp³-hybridized carbons (Fsp3) is 0.238. The van der Waals surface area contributed by atoms with Gasteiger partial charge in [-0.2, -0.15) is 0 Å². The Morgan fingerprint density at radius 1 is 1.13 bits per heavy atom. The molecule has 0 saturated carbocycles. The first-order chi connectivity index (χ1) is 15.0.